The molecule has 94 valence electrons. The summed E-state index contributed by atoms with van der Waals surface area (Å²) in [7, 11) is 1.68. The Morgan fingerprint density at radius 3 is 2.59 bits per heavy atom. The molecule has 1 N–H and O–H groups in total. The predicted molar refractivity (Wildman–Crippen MR) is 69.5 cm³/mol. The zero-order valence-electron chi connectivity index (χ0n) is 10.7. The third kappa shape index (κ3) is 5.11. The van der Waals surface area contributed by atoms with Gasteiger partial charge in [0, 0.05) is 19.3 Å². The van der Waals surface area contributed by atoms with E-state index in [9.17, 15) is 4.79 Å². The molecule has 0 unspecified atom stereocenters. The number of methoxy groups -OCH3 is 1. The molecule has 0 radical (unpaired) electrons. The van der Waals surface area contributed by atoms with Crippen molar-refractivity contribution >= 4 is 5.78 Å². The minimum absolute atomic E-state index is 0.144. The van der Waals surface area contributed by atoms with Crippen LogP contribution in [0.25, 0.3) is 0 Å². The Balaban J connectivity index is 2.31. The van der Waals surface area contributed by atoms with Crippen LogP contribution < -0.4 is 5.32 Å². The molecule has 0 aliphatic carbocycles. The molecule has 17 heavy (non-hydrogen) atoms. The predicted octanol–water partition coefficient (Wildman–Crippen LogP) is 2.06. The fraction of sp³-hybridized carbons (Fsp3) is 0.500. The first-order chi connectivity index (χ1) is 8.27. The van der Waals surface area contributed by atoms with Crippen molar-refractivity contribution in [3.05, 3.63) is 35.4 Å². The van der Waals surface area contributed by atoms with Crippen LogP contribution in [0.2, 0.25) is 0 Å². The van der Waals surface area contributed by atoms with Gasteiger partial charge in [-0.3, -0.25) is 4.79 Å². The second-order valence-corrected chi connectivity index (χ2v) is 4.00. The van der Waals surface area contributed by atoms with Crippen molar-refractivity contribution in [3.8, 4) is 0 Å². The summed E-state index contributed by atoms with van der Waals surface area (Å²) in [4.78, 5) is 11.8. The lowest BCUT2D eigenvalue weighted by atomic mass is 10.1. The van der Waals surface area contributed by atoms with Gasteiger partial charge in [0.25, 0.3) is 0 Å². The maximum absolute atomic E-state index is 11.8. The summed E-state index contributed by atoms with van der Waals surface area (Å²) in [5.41, 5.74) is 2.04. The molecule has 0 amide bonds. The smallest absolute Gasteiger partial charge is 0.176 e. The van der Waals surface area contributed by atoms with Crippen molar-refractivity contribution in [3.63, 3.8) is 0 Å². The van der Waals surface area contributed by atoms with E-state index in [-0.39, 0.29) is 5.78 Å². The molecule has 0 spiro atoms. The van der Waals surface area contributed by atoms with E-state index in [4.69, 9.17) is 4.74 Å². The van der Waals surface area contributed by atoms with Gasteiger partial charge in [-0.25, -0.2) is 0 Å². The van der Waals surface area contributed by atoms with Crippen LogP contribution in [-0.4, -0.2) is 32.6 Å². The van der Waals surface area contributed by atoms with E-state index in [2.05, 4.69) is 12.2 Å². The summed E-state index contributed by atoms with van der Waals surface area (Å²) >= 11 is 0. The summed E-state index contributed by atoms with van der Waals surface area (Å²) < 4.78 is 4.93. The van der Waals surface area contributed by atoms with Crippen molar-refractivity contribution in [1.82, 2.24) is 5.32 Å². The minimum Gasteiger partial charge on any atom is -0.385 e. The monoisotopic (exact) mass is 235 g/mol. The highest BCUT2D eigenvalue weighted by Crippen LogP contribution is 2.05. The number of aryl methyl sites for hydroxylation is 1. The fourth-order valence-electron chi connectivity index (χ4n) is 1.57. The van der Waals surface area contributed by atoms with Crippen molar-refractivity contribution < 1.29 is 9.53 Å². The number of Topliss-reactive ketones (excluding diaryl/α,β-unsaturated/α-hetero) is 1. The second-order valence-electron chi connectivity index (χ2n) is 4.00. The van der Waals surface area contributed by atoms with Crippen molar-refractivity contribution in [2.75, 3.05) is 26.8 Å². The van der Waals surface area contributed by atoms with Crippen LogP contribution in [0.3, 0.4) is 0 Å². The Morgan fingerprint density at radius 2 is 2.00 bits per heavy atom. The Labute approximate surface area is 103 Å². The number of hydrogen-bond donors (Lipinski definition) is 1. The molecule has 0 saturated heterocycles. The highest BCUT2D eigenvalue weighted by atomic mass is 16.5. The molecule has 3 heteroatoms. The molecule has 0 aromatic heterocycles. The summed E-state index contributed by atoms with van der Waals surface area (Å²) in [6, 6.07) is 7.83. The van der Waals surface area contributed by atoms with Crippen molar-refractivity contribution in [1.29, 1.82) is 0 Å². The van der Waals surface area contributed by atoms with E-state index in [1.54, 1.807) is 7.11 Å². The van der Waals surface area contributed by atoms with Gasteiger partial charge in [-0.15, -0.1) is 0 Å². The van der Waals surface area contributed by atoms with Gasteiger partial charge in [0.05, 0.1) is 6.54 Å². The van der Waals surface area contributed by atoms with Crippen molar-refractivity contribution in [2.24, 2.45) is 0 Å². The quantitative estimate of drug-likeness (QED) is 0.553. The average Bonchev–Trinajstić information content (AvgIpc) is 2.38. The molecule has 0 saturated carbocycles. The molecular formula is C14H21NO2. The molecule has 0 atom stereocenters. The fourth-order valence-corrected chi connectivity index (χ4v) is 1.57. The SMILES string of the molecule is CCc1ccc(C(=O)CNCCCOC)cc1. The normalized spacial score (nSPS) is 10.5. The molecule has 0 fully saturated rings. The number of hydrogen-bond acceptors (Lipinski definition) is 3. The number of ketones is 1. The van der Waals surface area contributed by atoms with Crippen LogP contribution in [0, 0.1) is 0 Å². The van der Waals surface area contributed by atoms with Gasteiger partial charge >= 0.3 is 0 Å². The third-order valence-electron chi connectivity index (χ3n) is 2.67. The molecule has 0 aliphatic heterocycles. The molecule has 1 aromatic rings. The Kier molecular flexibility index (Phi) is 6.51. The highest BCUT2D eigenvalue weighted by molar-refractivity contribution is 5.97. The zero-order valence-corrected chi connectivity index (χ0v) is 10.7. The van der Waals surface area contributed by atoms with Crippen LogP contribution >= 0.6 is 0 Å². The average molecular weight is 235 g/mol. The third-order valence-corrected chi connectivity index (χ3v) is 2.67. The van der Waals surface area contributed by atoms with Crippen molar-refractivity contribution in [2.45, 2.75) is 19.8 Å². The summed E-state index contributed by atoms with van der Waals surface area (Å²) in [5, 5.41) is 3.12. The van der Waals surface area contributed by atoms with E-state index in [1.165, 1.54) is 5.56 Å². The van der Waals surface area contributed by atoms with Gasteiger partial charge in [-0.05, 0) is 24.9 Å². The lowest BCUT2D eigenvalue weighted by molar-refractivity contribution is 0.0990. The lowest BCUT2D eigenvalue weighted by Crippen LogP contribution is -2.24. The number of ether oxygens (including phenoxy) is 1. The first-order valence-electron chi connectivity index (χ1n) is 6.09. The largest absolute Gasteiger partial charge is 0.385 e. The maximum atomic E-state index is 11.8. The number of carbonyl (C=O) groups excluding carboxylic acids is 1. The van der Waals surface area contributed by atoms with Gasteiger partial charge < -0.3 is 10.1 Å². The number of nitrogens with one attached hydrogen (secondary N) is 1. The van der Waals surface area contributed by atoms with E-state index >= 15 is 0 Å². The van der Waals surface area contributed by atoms with Gasteiger partial charge in [0.2, 0.25) is 0 Å². The Bertz CT molecular complexity index is 333. The van der Waals surface area contributed by atoms with Gasteiger partial charge in [-0.2, -0.15) is 0 Å². The van der Waals surface area contributed by atoms with Gasteiger partial charge in [0.1, 0.15) is 0 Å². The van der Waals surface area contributed by atoms with Gasteiger partial charge in [0.15, 0.2) is 5.78 Å². The van der Waals surface area contributed by atoms with Crippen LogP contribution in [0.15, 0.2) is 24.3 Å². The van der Waals surface area contributed by atoms with Crippen LogP contribution in [0.4, 0.5) is 0 Å². The minimum atomic E-state index is 0.144. The summed E-state index contributed by atoms with van der Waals surface area (Å²) in [6.07, 6.45) is 1.93. The van der Waals surface area contributed by atoms with Crippen LogP contribution in [0.1, 0.15) is 29.3 Å². The van der Waals surface area contributed by atoms with Crippen LogP contribution in [-0.2, 0) is 11.2 Å². The van der Waals surface area contributed by atoms with E-state index in [0.29, 0.717) is 6.54 Å². The molecule has 3 nitrogen and oxygen atoms in total. The Morgan fingerprint density at radius 1 is 1.29 bits per heavy atom. The second kappa shape index (κ2) is 7.98. The van der Waals surface area contributed by atoms with E-state index in [1.807, 2.05) is 24.3 Å². The number of benzene rings is 1. The van der Waals surface area contributed by atoms with Gasteiger partial charge in [-0.1, -0.05) is 31.2 Å². The van der Waals surface area contributed by atoms with Crippen LogP contribution in [0.5, 0.6) is 0 Å². The first-order valence-corrected chi connectivity index (χ1v) is 6.09. The molecule has 1 aromatic carbocycles. The Hall–Kier alpha value is -1.19. The summed E-state index contributed by atoms with van der Waals surface area (Å²) in [5.74, 6) is 0.144. The molecular weight excluding hydrogens is 214 g/mol. The topological polar surface area (TPSA) is 38.3 Å². The highest BCUT2D eigenvalue weighted by Gasteiger charge is 2.04. The summed E-state index contributed by atoms with van der Waals surface area (Å²) in [6.45, 7) is 4.04. The zero-order chi connectivity index (χ0) is 12.5. The molecule has 0 aliphatic rings. The standard InChI is InChI=1S/C14H21NO2/c1-3-12-5-7-13(8-6-12)14(16)11-15-9-4-10-17-2/h5-8,15H,3-4,9-11H2,1-2H3. The molecule has 0 heterocycles. The molecule has 0 bridgehead atoms. The maximum Gasteiger partial charge on any atom is 0.176 e. The number of rotatable bonds is 8. The van der Waals surface area contributed by atoms with E-state index in [0.717, 1.165) is 31.6 Å². The number of carbonyl (C=O) groups is 1. The lowest BCUT2D eigenvalue weighted by Gasteiger charge is -2.04. The van der Waals surface area contributed by atoms with E-state index < -0.39 is 0 Å². The molecule has 1 rings (SSSR count). The first kappa shape index (κ1) is 13.9.